The average molecular weight is 378 g/mol. The first-order valence-corrected chi connectivity index (χ1v) is 8.51. The van der Waals surface area contributed by atoms with Crippen molar-refractivity contribution in [3.8, 4) is 11.5 Å². The summed E-state index contributed by atoms with van der Waals surface area (Å²) in [5.41, 5.74) is 7.42. The van der Waals surface area contributed by atoms with E-state index in [0.29, 0.717) is 17.1 Å². The third-order valence-electron chi connectivity index (χ3n) is 3.66. The van der Waals surface area contributed by atoms with Gasteiger partial charge in [-0.15, -0.1) is 0 Å². The van der Waals surface area contributed by atoms with Gasteiger partial charge in [0.2, 0.25) is 6.41 Å². The Balaban J connectivity index is 0.000000878. The van der Waals surface area contributed by atoms with Crippen LogP contribution in [0.1, 0.15) is 15.9 Å². The molecule has 3 rings (SSSR count). The Morgan fingerprint density at radius 2 is 1.64 bits per heavy atom. The molecule has 0 saturated heterocycles. The molecule has 0 heterocycles. The van der Waals surface area contributed by atoms with Gasteiger partial charge in [0.25, 0.3) is 0 Å². The zero-order valence-electron chi connectivity index (χ0n) is 15.7. The first kappa shape index (κ1) is 20.5. The summed E-state index contributed by atoms with van der Waals surface area (Å²) in [6, 6.07) is 22.7. The largest absolute Gasteiger partial charge is 0.465 e. The lowest BCUT2D eigenvalue weighted by atomic mass is 10.1. The second kappa shape index (κ2) is 10.4. The van der Waals surface area contributed by atoms with Crippen molar-refractivity contribution in [1.82, 2.24) is 0 Å². The number of nitrogens with two attached hydrogens (primary N) is 1. The average Bonchev–Trinajstić information content (AvgIpc) is 2.70. The molecular weight excluding hydrogens is 356 g/mol. The summed E-state index contributed by atoms with van der Waals surface area (Å²) in [4.78, 5) is 20.7. The van der Waals surface area contributed by atoms with Crippen LogP contribution in [-0.4, -0.2) is 19.5 Å². The maximum Gasteiger partial charge on any atom is 0.341 e. The molecule has 0 saturated carbocycles. The van der Waals surface area contributed by atoms with E-state index in [0.717, 1.165) is 16.9 Å². The highest BCUT2D eigenvalue weighted by molar-refractivity contribution is 5.94. The molecule has 3 aromatic rings. The number of hydrogen-bond acceptors (Lipinski definition) is 5. The molecule has 0 aromatic heterocycles. The number of carbonyl (C=O) groups is 2. The molecule has 6 heteroatoms. The number of anilines is 2. The van der Waals surface area contributed by atoms with Crippen molar-refractivity contribution in [3.63, 3.8) is 0 Å². The smallest absolute Gasteiger partial charge is 0.341 e. The van der Waals surface area contributed by atoms with Gasteiger partial charge in [-0.25, -0.2) is 4.79 Å². The summed E-state index contributed by atoms with van der Waals surface area (Å²) in [6.45, 7) is 2.03. The highest BCUT2D eigenvalue weighted by Crippen LogP contribution is 2.29. The van der Waals surface area contributed by atoms with Gasteiger partial charge in [-0.1, -0.05) is 30.3 Å². The van der Waals surface area contributed by atoms with Gasteiger partial charge in [-0.3, -0.25) is 4.79 Å². The molecule has 3 aromatic carbocycles. The predicted octanol–water partition coefficient (Wildman–Crippen LogP) is 4.42. The van der Waals surface area contributed by atoms with Crippen LogP contribution in [0.25, 0.3) is 0 Å². The minimum absolute atomic E-state index is 0.250. The van der Waals surface area contributed by atoms with E-state index in [1.165, 1.54) is 7.11 Å². The molecule has 3 N–H and O–H groups in total. The number of ether oxygens (including phenoxy) is 2. The lowest BCUT2D eigenvalue weighted by Crippen LogP contribution is -2.05. The molecule has 0 fully saturated rings. The molecule has 0 radical (unpaired) electrons. The number of methoxy groups -OCH3 is 1. The molecule has 1 amide bonds. The zero-order valence-corrected chi connectivity index (χ0v) is 15.7. The fraction of sp³-hybridized carbons (Fsp3) is 0.0909. The molecule has 144 valence electrons. The number of primary amides is 1. The van der Waals surface area contributed by atoms with Crippen molar-refractivity contribution < 1.29 is 19.1 Å². The fourth-order valence-corrected chi connectivity index (χ4v) is 2.47. The second-order valence-electron chi connectivity index (χ2n) is 5.75. The highest BCUT2D eigenvalue weighted by Gasteiger charge is 2.15. The van der Waals surface area contributed by atoms with Crippen LogP contribution in [-0.2, 0) is 9.53 Å². The summed E-state index contributed by atoms with van der Waals surface area (Å²) >= 11 is 0. The van der Waals surface area contributed by atoms with E-state index in [2.05, 4.69) is 11.1 Å². The number of esters is 1. The quantitative estimate of drug-likeness (QED) is 0.507. The van der Waals surface area contributed by atoms with Crippen molar-refractivity contribution in [1.29, 1.82) is 0 Å². The number of carbonyl (C=O) groups excluding carboxylic acids is 2. The highest BCUT2D eigenvalue weighted by atomic mass is 16.5. The summed E-state index contributed by atoms with van der Waals surface area (Å²) in [5, 5.41) is 3.29. The van der Waals surface area contributed by atoms with Gasteiger partial charge in [0.15, 0.2) is 0 Å². The normalized spacial score (nSPS) is 9.50. The van der Waals surface area contributed by atoms with Gasteiger partial charge in [-0.2, -0.15) is 0 Å². The third-order valence-corrected chi connectivity index (χ3v) is 3.66. The molecule has 0 atom stereocenters. The van der Waals surface area contributed by atoms with Crippen molar-refractivity contribution in [2.24, 2.45) is 5.73 Å². The van der Waals surface area contributed by atoms with Crippen molar-refractivity contribution in [2.45, 2.75) is 6.92 Å². The number of amides is 1. The Labute approximate surface area is 163 Å². The van der Waals surface area contributed by atoms with Crippen LogP contribution < -0.4 is 15.8 Å². The van der Waals surface area contributed by atoms with Gasteiger partial charge in [-0.05, 0) is 55.0 Å². The Hall–Kier alpha value is -3.80. The van der Waals surface area contributed by atoms with Gasteiger partial charge < -0.3 is 20.5 Å². The molecule has 0 spiro atoms. The van der Waals surface area contributed by atoms with Gasteiger partial charge in [0, 0.05) is 11.4 Å². The Morgan fingerprint density at radius 1 is 0.964 bits per heavy atom. The van der Waals surface area contributed by atoms with E-state index in [9.17, 15) is 4.79 Å². The minimum Gasteiger partial charge on any atom is -0.465 e. The molecular formula is C22H22N2O4. The molecule has 0 bridgehead atoms. The summed E-state index contributed by atoms with van der Waals surface area (Å²) in [7, 11) is 1.36. The number of benzene rings is 3. The van der Waals surface area contributed by atoms with Gasteiger partial charge in [0.1, 0.15) is 17.1 Å². The fourth-order valence-electron chi connectivity index (χ4n) is 2.47. The van der Waals surface area contributed by atoms with Crippen molar-refractivity contribution >= 4 is 23.8 Å². The number of hydrogen-bond donors (Lipinski definition) is 2. The number of nitrogens with one attached hydrogen (secondary N) is 1. The zero-order chi connectivity index (χ0) is 20.4. The van der Waals surface area contributed by atoms with Gasteiger partial charge >= 0.3 is 5.97 Å². The van der Waals surface area contributed by atoms with Crippen molar-refractivity contribution in [3.05, 3.63) is 83.9 Å². The van der Waals surface area contributed by atoms with E-state index in [1.54, 1.807) is 12.1 Å². The van der Waals surface area contributed by atoms with Crippen LogP contribution in [0.5, 0.6) is 11.5 Å². The molecule has 0 aliphatic carbocycles. The number of rotatable bonds is 5. The SMILES string of the molecule is COC(=O)c1cc(Nc2cccc(C)c2)ccc1Oc1ccccc1.NC=O. The number of para-hydroxylation sites is 1. The monoisotopic (exact) mass is 378 g/mol. The van der Waals surface area contributed by atoms with Crippen LogP contribution in [0.4, 0.5) is 11.4 Å². The first-order chi connectivity index (χ1) is 13.6. The molecule has 6 nitrogen and oxygen atoms in total. The standard InChI is InChI=1S/C21H19NO3.CH3NO/c1-15-7-6-8-16(13-15)22-17-11-12-20(19(14-17)21(23)24-2)25-18-9-4-3-5-10-18;2-1-3/h3-14,22H,1-2H3;1H,(H2,2,3). The molecule has 0 aliphatic heterocycles. The van der Waals surface area contributed by atoms with E-state index >= 15 is 0 Å². The second-order valence-corrected chi connectivity index (χ2v) is 5.75. The molecule has 0 unspecified atom stereocenters. The lowest BCUT2D eigenvalue weighted by molar-refractivity contribution is -0.106. The maximum atomic E-state index is 12.2. The van der Waals surface area contributed by atoms with E-state index < -0.39 is 5.97 Å². The predicted molar refractivity (Wildman–Crippen MR) is 109 cm³/mol. The van der Waals surface area contributed by atoms with Crippen LogP contribution in [0.2, 0.25) is 0 Å². The summed E-state index contributed by atoms with van der Waals surface area (Å²) in [6.07, 6.45) is 0.250. The minimum atomic E-state index is -0.446. The first-order valence-electron chi connectivity index (χ1n) is 8.51. The maximum absolute atomic E-state index is 12.2. The Bertz CT molecular complexity index is 927. The summed E-state index contributed by atoms with van der Waals surface area (Å²) < 4.78 is 10.7. The van der Waals surface area contributed by atoms with Crippen molar-refractivity contribution in [2.75, 3.05) is 12.4 Å². The summed E-state index contributed by atoms with van der Waals surface area (Å²) in [5.74, 6) is 0.665. The Kier molecular flexibility index (Phi) is 7.60. The van der Waals surface area contributed by atoms with Gasteiger partial charge in [0.05, 0.1) is 7.11 Å². The Morgan fingerprint density at radius 3 is 2.29 bits per heavy atom. The topological polar surface area (TPSA) is 90.7 Å². The van der Waals surface area contributed by atoms with Crippen LogP contribution in [0.3, 0.4) is 0 Å². The van der Waals surface area contributed by atoms with Crippen LogP contribution in [0.15, 0.2) is 72.8 Å². The van der Waals surface area contributed by atoms with Crippen LogP contribution in [0, 0.1) is 6.92 Å². The number of aryl methyl sites for hydroxylation is 1. The van der Waals surface area contributed by atoms with E-state index in [1.807, 2.05) is 67.6 Å². The van der Waals surface area contributed by atoms with E-state index in [-0.39, 0.29) is 6.41 Å². The third kappa shape index (κ3) is 5.88. The molecule has 28 heavy (non-hydrogen) atoms. The van der Waals surface area contributed by atoms with Crippen LogP contribution >= 0.6 is 0 Å². The molecule has 0 aliphatic rings. The van der Waals surface area contributed by atoms with E-state index in [4.69, 9.17) is 14.3 Å². The lowest BCUT2D eigenvalue weighted by Gasteiger charge is -2.13.